The van der Waals surface area contributed by atoms with Gasteiger partial charge in [0.25, 0.3) is 0 Å². The number of carbonyl (C=O) groups excluding carboxylic acids is 1. The molecular formula is C19H32N2O2. The van der Waals surface area contributed by atoms with E-state index in [-0.39, 0.29) is 22.9 Å². The molecule has 0 aromatic rings. The Morgan fingerprint density at radius 1 is 1.09 bits per heavy atom. The Hall–Kier alpha value is -0.770. The lowest BCUT2D eigenvalue weighted by molar-refractivity contribution is -0.108. The first kappa shape index (κ1) is 15.7. The number of urea groups is 1. The zero-order chi connectivity index (χ0) is 16.6. The third kappa shape index (κ3) is 1.90. The molecule has 4 nitrogen and oxygen atoms in total. The number of nitrogens with one attached hydrogen (secondary N) is 2. The van der Waals surface area contributed by atoms with E-state index in [9.17, 15) is 4.79 Å². The summed E-state index contributed by atoms with van der Waals surface area (Å²) < 4.78 is 5.82. The van der Waals surface area contributed by atoms with Crippen LogP contribution >= 0.6 is 0 Å². The van der Waals surface area contributed by atoms with Crippen LogP contribution < -0.4 is 10.6 Å². The molecule has 4 fully saturated rings. The van der Waals surface area contributed by atoms with Crippen molar-refractivity contribution in [3.05, 3.63) is 0 Å². The van der Waals surface area contributed by atoms with Crippen LogP contribution in [0, 0.1) is 28.1 Å². The van der Waals surface area contributed by atoms with E-state index < -0.39 is 0 Å². The Balaban J connectivity index is 1.40. The predicted molar refractivity (Wildman–Crippen MR) is 90.1 cm³/mol. The van der Waals surface area contributed by atoms with Crippen LogP contribution in [0.5, 0.6) is 0 Å². The second-order valence-electron chi connectivity index (χ2n) is 9.82. The molecule has 1 heterocycles. The van der Waals surface area contributed by atoms with Crippen molar-refractivity contribution < 1.29 is 9.53 Å². The minimum atomic E-state index is 0.0306. The van der Waals surface area contributed by atoms with E-state index >= 15 is 0 Å². The van der Waals surface area contributed by atoms with Crippen molar-refractivity contribution in [2.24, 2.45) is 28.1 Å². The summed E-state index contributed by atoms with van der Waals surface area (Å²) in [5.41, 5.74) is 0.630. The van der Waals surface area contributed by atoms with Crippen molar-refractivity contribution in [1.29, 1.82) is 0 Å². The van der Waals surface area contributed by atoms with Crippen molar-refractivity contribution in [2.75, 3.05) is 6.61 Å². The number of hydrogen-bond acceptors (Lipinski definition) is 2. The van der Waals surface area contributed by atoms with Crippen molar-refractivity contribution in [3.8, 4) is 0 Å². The molecular weight excluding hydrogens is 288 g/mol. The predicted octanol–water partition coefficient (Wildman–Crippen LogP) is 3.31. The number of rotatable bonds is 2. The summed E-state index contributed by atoms with van der Waals surface area (Å²) in [6, 6.07) is 0.590. The summed E-state index contributed by atoms with van der Waals surface area (Å²) in [6.45, 7) is 12.4. The maximum Gasteiger partial charge on any atom is 0.315 e. The second kappa shape index (κ2) is 4.65. The number of ether oxygens (including phenoxy) is 1. The molecule has 4 aliphatic rings. The molecule has 3 aliphatic carbocycles. The van der Waals surface area contributed by atoms with Gasteiger partial charge in [-0.3, -0.25) is 0 Å². The first-order chi connectivity index (χ1) is 10.7. The molecule has 23 heavy (non-hydrogen) atoms. The Bertz CT molecular complexity index is 529. The summed E-state index contributed by atoms with van der Waals surface area (Å²) in [5.74, 6) is 1.26. The van der Waals surface area contributed by atoms with Crippen LogP contribution in [0.2, 0.25) is 0 Å². The molecule has 6 unspecified atom stereocenters. The maximum atomic E-state index is 12.6. The van der Waals surface area contributed by atoms with Crippen molar-refractivity contribution >= 4 is 6.03 Å². The number of amides is 2. The highest BCUT2D eigenvalue weighted by molar-refractivity contribution is 5.75. The molecule has 0 radical (unpaired) electrons. The molecule has 6 atom stereocenters. The van der Waals surface area contributed by atoms with Gasteiger partial charge in [0, 0.05) is 30.0 Å². The van der Waals surface area contributed by atoms with E-state index in [2.05, 4.69) is 45.3 Å². The van der Waals surface area contributed by atoms with E-state index in [0.29, 0.717) is 23.5 Å². The number of fused-ring (bicyclic) bond motifs is 3. The lowest BCUT2D eigenvalue weighted by Crippen LogP contribution is -2.68. The Morgan fingerprint density at radius 2 is 1.83 bits per heavy atom. The van der Waals surface area contributed by atoms with Crippen molar-refractivity contribution in [1.82, 2.24) is 10.6 Å². The largest absolute Gasteiger partial charge is 0.377 e. The first-order valence-electron chi connectivity index (χ1n) is 9.36. The van der Waals surface area contributed by atoms with Gasteiger partial charge in [-0.25, -0.2) is 4.79 Å². The molecule has 2 N–H and O–H groups in total. The zero-order valence-corrected chi connectivity index (χ0v) is 15.2. The van der Waals surface area contributed by atoms with Crippen LogP contribution in [0.3, 0.4) is 0 Å². The monoisotopic (exact) mass is 320 g/mol. The highest BCUT2D eigenvalue weighted by Gasteiger charge is 2.62. The van der Waals surface area contributed by atoms with Gasteiger partial charge in [-0.1, -0.05) is 34.6 Å². The standard InChI is InChI=1S/C19H32N2O2/c1-17(2)14(12-7-9-23-15(12)17)21-16(22)20-13-10-11-6-8-19(13,5)18(11,3)4/h11-15H,6-10H2,1-5H3,(H2,20,21,22). The fourth-order valence-corrected chi connectivity index (χ4v) is 6.38. The van der Waals surface area contributed by atoms with E-state index in [1.807, 2.05) is 0 Å². The molecule has 0 aromatic carbocycles. The Kier molecular flexibility index (Phi) is 3.18. The topological polar surface area (TPSA) is 50.4 Å². The second-order valence-corrected chi connectivity index (χ2v) is 9.82. The van der Waals surface area contributed by atoms with Crippen molar-refractivity contribution in [3.63, 3.8) is 0 Å². The third-order valence-corrected chi connectivity index (χ3v) is 8.49. The molecule has 3 saturated carbocycles. The van der Waals surface area contributed by atoms with E-state index in [1.54, 1.807) is 0 Å². The molecule has 1 saturated heterocycles. The van der Waals surface area contributed by atoms with E-state index in [0.717, 1.165) is 25.4 Å². The quantitative estimate of drug-likeness (QED) is 0.820. The van der Waals surface area contributed by atoms with Crippen LogP contribution in [0.4, 0.5) is 4.79 Å². The normalized spacial score (nSPS) is 48.7. The highest BCUT2D eigenvalue weighted by Crippen LogP contribution is 2.65. The van der Waals surface area contributed by atoms with Gasteiger partial charge < -0.3 is 15.4 Å². The van der Waals surface area contributed by atoms with Gasteiger partial charge in [-0.15, -0.1) is 0 Å². The van der Waals surface area contributed by atoms with Crippen LogP contribution in [0.15, 0.2) is 0 Å². The highest BCUT2D eigenvalue weighted by atomic mass is 16.5. The van der Waals surface area contributed by atoms with Gasteiger partial charge in [0.1, 0.15) is 0 Å². The summed E-state index contributed by atoms with van der Waals surface area (Å²) in [5, 5.41) is 6.61. The fraction of sp³-hybridized carbons (Fsp3) is 0.947. The summed E-state index contributed by atoms with van der Waals surface area (Å²) in [6.07, 6.45) is 5.10. The average Bonchev–Trinajstić information content (AvgIpc) is 3.06. The molecule has 2 bridgehead atoms. The van der Waals surface area contributed by atoms with Crippen LogP contribution in [-0.2, 0) is 4.74 Å². The Morgan fingerprint density at radius 3 is 2.43 bits per heavy atom. The zero-order valence-electron chi connectivity index (χ0n) is 15.2. The lowest BCUT2D eigenvalue weighted by Gasteiger charge is -2.54. The molecule has 4 heteroatoms. The Labute approximate surface area is 140 Å². The molecule has 4 rings (SSSR count). The van der Waals surface area contributed by atoms with Gasteiger partial charge in [-0.2, -0.15) is 0 Å². The minimum Gasteiger partial charge on any atom is -0.377 e. The summed E-state index contributed by atoms with van der Waals surface area (Å²) in [4.78, 5) is 12.6. The van der Waals surface area contributed by atoms with Gasteiger partial charge >= 0.3 is 6.03 Å². The number of hydrogen-bond donors (Lipinski definition) is 2. The van der Waals surface area contributed by atoms with Crippen LogP contribution in [0.25, 0.3) is 0 Å². The SMILES string of the molecule is CC1(C)C(NC(=O)NC2CC3CCC2(C)C3(C)C)C2CCOC21. The summed E-state index contributed by atoms with van der Waals surface area (Å²) in [7, 11) is 0. The van der Waals surface area contributed by atoms with Crippen LogP contribution in [-0.4, -0.2) is 30.8 Å². The molecule has 2 amide bonds. The molecule has 130 valence electrons. The maximum absolute atomic E-state index is 12.6. The van der Waals surface area contributed by atoms with Crippen molar-refractivity contribution in [2.45, 2.75) is 78.5 Å². The minimum absolute atomic E-state index is 0.0306. The van der Waals surface area contributed by atoms with Gasteiger partial charge in [0.15, 0.2) is 0 Å². The first-order valence-corrected chi connectivity index (χ1v) is 9.36. The van der Waals surface area contributed by atoms with Gasteiger partial charge in [0.2, 0.25) is 0 Å². The fourth-order valence-electron chi connectivity index (χ4n) is 6.38. The van der Waals surface area contributed by atoms with Gasteiger partial charge in [-0.05, 0) is 42.4 Å². The van der Waals surface area contributed by atoms with E-state index in [4.69, 9.17) is 4.74 Å². The number of carbonyl (C=O) groups is 1. The molecule has 1 aliphatic heterocycles. The third-order valence-electron chi connectivity index (χ3n) is 8.49. The van der Waals surface area contributed by atoms with Crippen LogP contribution in [0.1, 0.15) is 60.3 Å². The lowest BCUT2D eigenvalue weighted by atomic mass is 9.57. The summed E-state index contributed by atoms with van der Waals surface area (Å²) >= 11 is 0. The molecule has 0 spiro atoms. The average molecular weight is 320 g/mol. The van der Waals surface area contributed by atoms with Gasteiger partial charge in [0.05, 0.1) is 6.10 Å². The van der Waals surface area contributed by atoms with E-state index in [1.165, 1.54) is 12.8 Å². The molecule has 0 aromatic heterocycles. The smallest absolute Gasteiger partial charge is 0.315 e.